The van der Waals surface area contributed by atoms with Gasteiger partial charge in [-0.25, -0.2) is 0 Å². The molecule has 2 saturated heterocycles. The number of rotatable bonds is 10. The summed E-state index contributed by atoms with van der Waals surface area (Å²) in [7, 11) is 0. The van der Waals surface area contributed by atoms with Gasteiger partial charge in [0, 0.05) is 31.5 Å². The molecule has 4 rings (SSSR count). The van der Waals surface area contributed by atoms with Gasteiger partial charge in [-0.1, -0.05) is 0 Å². The zero-order valence-corrected chi connectivity index (χ0v) is 20.3. The second-order valence-electron chi connectivity index (χ2n) is 9.74. The van der Waals surface area contributed by atoms with Crippen LogP contribution < -0.4 is 0 Å². The number of aliphatic hydroxyl groups excluding tert-OH is 1. The number of aliphatic hydroxyl groups is 1. The Balaban J connectivity index is 1.52. The highest BCUT2D eigenvalue weighted by Crippen LogP contribution is 2.45. The largest absolute Gasteiger partial charge is 0.481 e. The minimum atomic E-state index is -0.884. The van der Waals surface area contributed by atoms with E-state index in [1.165, 1.54) is 5.56 Å². The van der Waals surface area contributed by atoms with Crippen molar-refractivity contribution in [3.05, 3.63) is 22.4 Å². The number of carboxylic acids is 1. The van der Waals surface area contributed by atoms with E-state index in [4.69, 9.17) is 18.9 Å². The van der Waals surface area contributed by atoms with Crippen LogP contribution in [0.1, 0.15) is 76.2 Å². The van der Waals surface area contributed by atoms with Crippen molar-refractivity contribution in [2.75, 3.05) is 13.2 Å². The summed E-state index contributed by atoms with van der Waals surface area (Å²) in [6.45, 7) is 3.50. The van der Waals surface area contributed by atoms with E-state index in [-0.39, 0.29) is 49.0 Å². The molecule has 1 aliphatic carbocycles. The first-order chi connectivity index (χ1) is 16.0. The normalized spacial score (nSPS) is 34.7. The Hall–Kier alpha value is -1.03. The summed E-state index contributed by atoms with van der Waals surface area (Å²) in [5.74, 6) is -1.27. The summed E-state index contributed by atoms with van der Waals surface area (Å²) >= 11 is 1.65. The summed E-state index contributed by atoms with van der Waals surface area (Å²) in [5.41, 5.74) is 1.19. The zero-order valence-electron chi connectivity index (χ0n) is 19.5. The molecule has 0 bridgehead atoms. The van der Waals surface area contributed by atoms with Crippen LogP contribution in [0.4, 0.5) is 0 Å². The van der Waals surface area contributed by atoms with Gasteiger partial charge < -0.3 is 29.2 Å². The Kier molecular flexibility index (Phi) is 9.19. The minimum absolute atomic E-state index is 0.0610. The van der Waals surface area contributed by atoms with E-state index in [1.54, 1.807) is 11.3 Å². The van der Waals surface area contributed by atoms with Gasteiger partial charge in [0.15, 0.2) is 12.6 Å². The molecule has 186 valence electrons. The number of aliphatic carboxylic acids is 1. The van der Waals surface area contributed by atoms with Crippen LogP contribution >= 0.6 is 11.3 Å². The molecule has 0 spiro atoms. The molecule has 2 N–H and O–H groups in total. The van der Waals surface area contributed by atoms with Gasteiger partial charge >= 0.3 is 5.97 Å². The van der Waals surface area contributed by atoms with Gasteiger partial charge in [0.2, 0.25) is 0 Å². The van der Waals surface area contributed by atoms with Crippen molar-refractivity contribution in [1.82, 2.24) is 0 Å². The lowest BCUT2D eigenvalue weighted by Crippen LogP contribution is -2.35. The Labute approximate surface area is 200 Å². The van der Waals surface area contributed by atoms with Gasteiger partial charge in [-0.3, -0.25) is 4.79 Å². The Morgan fingerprint density at radius 2 is 1.88 bits per heavy atom. The molecule has 33 heavy (non-hydrogen) atoms. The standard InChI is InChI=1S/C25H38O7S/c1-16(31-24-6-2-4-9-29-24)18(17-8-11-33-15-17)12-20-19(13-23(27)28)21(26)14-22(20)32-25-7-3-5-10-30-25/h8,11,15-16,18-22,24-26H,2-7,9-10,12-14H2,1H3,(H,27,28). The number of thiophene rings is 1. The molecule has 3 fully saturated rings. The molecule has 0 aromatic carbocycles. The first-order valence-corrected chi connectivity index (χ1v) is 13.4. The maximum atomic E-state index is 11.6. The van der Waals surface area contributed by atoms with Crippen LogP contribution in [0.2, 0.25) is 0 Å². The Bertz CT molecular complexity index is 714. The van der Waals surface area contributed by atoms with Gasteiger partial charge in [-0.05, 0) is 80.2 Å². The third-order valence-electron chi connectivity index (χ3n) is 7.44. The highest BCUT2D eigenvalue weighted by Gasteiger charge is 2.46. The predicted octanol–water partition coefficient (Wildman–Crippen LogP) is 4.54. The van der Waals surface area contributed by atoms with Crippen molar-refractivity contribution >= 4 is 17.3 Å². The third kappa shape index (κ3) is 6.77. The van der Waals surface area contributed by atoms with E-state index >= 15 is 0 Å². The summed E-state index contributed by atoms with van der Waals surface area (Å²) < 4.78 is 24.3. The van der Waals surface area contributed by atoms with Crippen molar-refractivity contribution < 1.29 is 34.0 Å². The lowest BCUT2D eigenvalue weighted by atomic mass is 9.79. The highest BCUT2D eigenvalue weighted by atomic mass is 32.1. The van der Waals surface area contributed by atoms with E-state index in [1.807, 2.05) is 0 Å². The highest BCUT2D eigenvalue weighted by molar-refractivity contribution is 7.08. The topological polar surface area (TPSA) is 94.5 Å². The summed E-state index contributed by atoms with van der Waals surface area (Å²) in [6.07, 6.45) is 5.60. The number of carboxylic acid groups (broad SMARTS) is 1. The summed E-state index contributed by atoms with van der Waals surface area (Å²) in [6, 6.07) is 2.12. The quantitative estimate of drug-likeness (QED) is 0.506. The molecule has 8 unspecified atom stereocenters. The predicted molar refractivity (Wildman–Crippen MR) is 124 cm³/mol. The number of hydrogen-bond acceptors (Lipinski definition) is 7. The van der Waals surface area contributed by atoms with Crippen LogP contribution in [0.25, 0.3) is 0 Å². The van der Waals surface area contributed by atoms with Crippen molar-refractivity contribution in [3.63, 3.8) is 0 Å². The fourth-order valence-corrected chi connectivity index (χ4v) is 6.39. The van der Waals surface area contributed by atoms with Crippen LogP contribution in [0.3, 0.4) is 0 Å². The molecule has 7 nitrogen and oxygen atoms in total. The second kappa shape index (κ2) is 12.1. The molecule has 0 amide bonds. The summed E-state index contributed by atoms with van der Waals surface area (Å²) in [4.78, 5) is 11.6. The number of hydrogen-bond donors (Lipinski definition) is 2. The van der Waals surface area contributed by atoms with Crippen molar-refractivity contribution in [3.8, 4) is 0 Å². The Morgan fingerprint density at radius 1 is 1.15 bits per heavy atom. The zero-order chi connectivity index (χ0) is 23.2. The fourth-order valence-electron chi connectivity index (χ4n) is 5.66. The molecule has 1 saturated carbocycles. The van der Waals surface area contributed by atoms with Crippen LogP contribution in [0.5, 0.6) is 0 Å². The van der Waals surface area contributed by atoms with Crippen LogP contribution in [0, 0.1) is 11.8 Å². The molecular formula is C25H38O7S. The van der Waals surface area contributed by atoms with E-state index in [2.05, 4.69) is 23.8 Å². The van der Waals surface area contributed by atoms with Crippen LogP contribution in [-0.2, 0) is 23.7 Å². The molecular weight excluding hydrogens is 444 g/mol. The van der Waals surface area contributed by atoms with Gasteiger partial charge in [0.05, 0.1) is 24.7 Å². The van der Waals surface area contributed by atoms with Crippen molar-refractivity contribution in [2.45, 2.75) is 102 Å². The average Bonchev–Trinajstić information content (AvgIpc) is 3.42. The molecule has 8 atom stereocenters. The molecule has 1 aromatic heterocycles. The van der Waals surface area contributed by atoms with E-state index in [0.29, 0.717) is 19.4 Å². The van der Waals surface area contributed by atoms with Crippen molar-refractivity contribution in [1.29, 1.82) is 0 Å². The average molecular weight is 483 g/mol. The van der Waals surface area contributed by atoms with Gasteiger partial charge in [0.1, 0.15) is 0 Å². The smallest absolute Gasteiger partial charge is 0.303 e. The first kappa shape index (κ1) is 25.1. The van der Waals surface area contributed by atoms with Gasteiger partial charge in [0.25, 0.3) is 0 Å². The molecule has 2 aliphatic heterocycles. The summed E-state index contributed by atoms with van der Waals surface area (Å²) in [5, 5.41) is 24.6. The maximum Gasteiger partial charge on any atom is 0.303 e. The number of ether oxygens (including phenoxy) is 4. The third-order valence-corrected chi connectivity index (χ3v) is 8.14. The van der Waals surface area contributed by atoms with E-state index in [9.17, 15) is 15.0 Å². The Morgan fingerprint density at radius 3 is 2.48 bits per heavy atom. The molecule has 3 aliphatic rings. The lowest BCUT2D eigenvalue weighted by Gasteiger charge is -2.35. The maximum absolute atomic E-state index is 11.6. The SMILES string of the molecule is CC(OC1CCCCO1)C(CC1C(OC2CCCCO2)CC(O)C1CC(=O)O)c1ccsc1. The molecule has 0 radical (unpaired) electrons. The van der Waals surface area contributed by atoms with Crippen LogP contribution in [-0.4, -0.2) is 60.3 Å². The molecule has 3 heterocycles. The first-order valence-electron chi connectivity index (χ1n) is 12.5. The lowest BCUT2D eigenvalue weighted by molar-refractivity contribution is -0.201. The molecule has 1 aromatic rings. The molecule has 8 heteroatoms. The van der Waals surface area contributed by atoms with Gasteiger partial charge in [-0.2, -0.15) is 11.3 Å². The van der Waals surface area contributed by atoms with Crippen molar-refractivity contribution in [2.24, 2.45) is 11.8 Å². The fraction of sp³-hybridized carbons (Fsp3) is 0.800. The monoisotopic (exact) mass is 482 g/mol. The van der Waals surface area contributed by atoms with E-state index in [0.717, 1.165) is 45.1 Å². The van der Waals surface area contributed by atoms with E-state index < -0.39 is 12.1 Å². The van der Waals surface area contributed by atoms with Gasteiger partial charge in [-0.15, -0.1) is 0 Å². The number of carbonyl (C=O) groups is 1. The second-order valence-corrected chi connectivity index (χ2v) is 10.5. The minimum Gasteiger partial charge on any atom is -0.481 e. The van der Waals surface area contributed by atoms with Crippen LogP contribution in [0.15, 0.2) is 16.8 Å².